The molecule has 0 amide bonds. The smallest absolute Gasteiger partial charge is 0.115 e. The Balaban J connectivity index is 3.07. The first-order valence-electron chi connectivity index (χ1n) is 2.84. The van der Waals surface area contributed by atoms with Crippen LogP contribution >= 0.6 is 11.6 Å². The van der Waals surface area contributed by atoms with Gasteiger partial charge in [0.15, 0.2) is 0 Å². The average Bonchev–Trinajstić information content (AvgIpc) is 1.88. The van der Waals surface area contributed by atoms with Gasteiger partial charge < -0.3 is 5.11 Å². The first kappa shape index (κ1) is 7.16. The summed E-state index contributed by atoms with van der Waals surface area (Å²) in [4.78, 5) is 0. The van der Waals surface area contributed by atoms with Crippen molar-refractivity contribution in [2.45, 2.75) is 0 Å². The van der Waals surface area contributed by atoms with Gasteiger partial charge in [-0.3, -0.25) is 0 Å². The second-order valence-electron chi connectivity index (χ2n) is 1.96. The number of halogens is 1. The molecule has 0 saturated carbocycles. The van der Waals surface area contributed by atoms with E-state index < -0.39 is 0 Å². The van der Waals surface area contributed by atoms with E-state index in [1.807, 2.05) is 0 Å². The maximum absolute atomic E-state index is 8.90. The first-order chi connectivity index (χ1) is 4.70. The predicted octanol–water partition coefficient (Wildman–Crippen LogP) is 2.87. The second kappa shape index (κ2) is 2.76. The van der Waals surface area contributed by atoms with Crippen LogP contribution in [0.25, 0.3) is 5.76 Å². The second-order valence-corrected chi connectivity index (χ2v) is 2.39. The Morgan fingerprint density at radius 3 is 2.60 bits per heavy atom. The van der Waals surface area contributed by atoms with Gasteiger partial charge in [0.2, 0.25) is 0 Å². The normalized spacial score (nSPS) is 9.30. The van der Waals surface area contributed by atoms with Crippen LogP contribution in [0, 0.1) is 0 Å². The molecule has 1 aromatic rings. The van der Waals surface area contributed by atoms with E-state index in [0.717, 1.165) is 0 Å². The summed E-state index contributed by atoms with van der Waals surface area (Å²) in [6, 6.07) is 6.91. The molecule has 0 saturated heterocycles. The van der Waals surface area contributed by atoms with Crippen LogP contribution in [0.3, 0.4) is 0 Å². The summed E-state index contributed by atoms with van der Waals surface area (Å²) in [5.41, 5.74) is 0.660. The zero-order valence-corrected chi connectivity index (χ0v) is 6.10. The number of rotatable bonds is 1. The molecular formula is C8H7ClO. The standard InChI is InChI=1S/C8H7ClO/c1-6(10)7-3-2-4-8(9)5-7/h2-5,10H,1H2. The van der Waals surface area contributed by atoms with E-state index in [4.69, 9.17) is 16.7 Å². The van der Waals surface area contributed by atoms with E-state index in [-0.39, 0.29) is 5.76 Å². The lowest BCUT2D eigenvalue weighted by Crippen LogP contribution is -1.78. The number of hydrogen-bond donors (Lipinski definition) is 1. The summed E-state index contributed by atoms with van der Waals surface area (Å²) in [5.74, 6) is 0.0440. The van der Waals surface area contributed by atoms with Gasteiger partial charge in [-0.15, -0.1) is 0 Å². The minimum absolute atomic E-state index is 0.0440. The molecule has 1 rings (SSSR count). The third kappa shape index (κ3) is 1.52. The number of hydrogen-bond acceptors (Lipinski definition) is 1. The molecule has 2 heteroatoms. The van der Waals surface area contributed by atoms with Crippen molar-refractivity contribution in [2.75, 3.05) is 0 Å². The van der Waals surface area contributed by atoms with Crippen LogP contribution in [-0.2, 0) is 0 Å². The van der Waals surface area contributed by atoms with Crippen LogP contribution in [0.5, 0.6) is 0 Å². The van der Waals surface area contributed by atoms with Gasteiger partial charge in [0.25, 0.3) is 0 Å². The molecular weight excluding hydrogens is 148 g/mol. The van der Waals surface area contributed by atoms with E-state index in [9.17, 15) is 0 Å². The molecule has 0 aromatic heterocycles. The molecule has 0 unspecified atom stereocenters. The highest BCUT2D eigenvalue weighted by Gasteiger charge is 1.94. The third-order valence-corrected chi connectivity index (χ3v) is 1.39. The van der Waals surface area contributed by atoms with Crippen molar-refractivity contribution in [3.05, 3.63) is 41.4 Å². The molecule has 0 spiro atoms. The van der Waals surface area contributed by atoms with Gasteiger partial charge >= 0.3 is 0 Å². The first-order valence-corrected chi connectivity index (χ1v) is 3.22. The SMILES string of the molecule is C=C(O)c1cccc(Cl)c1. The van der Waals surface area contributed by atoms with Gasteiger partial charge in [-0.25, -0.2) is 0 Å². The average molecular weight is 155 g/mol. The van der Waals surface area contributed by atoms with Crippen LogP contribution < -0.4 is 0 Å². The van der Waals surface area contributed by atoms with Gasteiger partial charge in [-0.05, 0) is 12.1 Å². The lowest BCUT2D eigenvalue weighted by atomic mass is 10.2. The molecule has 0 heterocycles. The fourth-order valence-electron chi connectivity index (χ4n) is 0.668. The Morgan fingerprint density at radius 1 is 1.50 bits per heavy atom. The van der Waals surface area contributed by atoms with Crippen molar-refractivity contribution in [3.63, 3.8) is 0 Å². The fraction of sp³-hybridized carbons (Fsp3) is 0. The van der Waals surface area contributed by atoms with Crippen LogP contribution in [0.2, 0.25) is 5.02 Å². The molecule has 1 N–H and O–H groups in total. The zero-order valence-electron chi connectivity index (χ0n) is 5.34. The van der Waals surface area contributed by atoms with E-state index in [1.165, 1.54) is 0 Å². The lowest BCUT2D eigenvalue weighted by Gasteiger charge is -1.96. The Hall–Kier alpha value is -0.950. The molecule has 10 heavy (non-hydrogen) atoms. The molecule has 0 aliphatic carbocycles. The van der Waals surface area contributed by atoms with Crippen LogP contribution in [0.15, 0.2) is 30.8 Å². The van der Waals surface area contributed by atoms with E-state index >= 15 is 0 Å². The van der Waals surface area contributed by atoms with Crippen molar-refractivity contribution >= 4 is 17.4 Å². The highest BCUT2D eigenvalue weighted by atomic mass is 35.5. The number of benzene rings is 1. The topological polar surface area (TPSA) is 20.2 Å². The Bertz CT molecular complexity index is 255. The highest BCUT2D eigenvalue weighted by Crippen LogP contribution is 2.14. The molecule has 0 atom stereocenters. The van der Waals surface area contributed by atoms with Crippen LogP contribution in [-0.4, -0.2) is 5.11 Å². The summed E-state index contributed by atoms with van der Waals surface area (Å²) in [5, 5.41) is 9.50. The van der Waals surface area contributed by atoms with Crippen molar-refractivity contribution in [1.82, 2.24) is 0 Å². The summed E-state index contributed by atoms with van der Waals surface area (Å²) in [6.45, 7) is 3.36. The Morgan fingerprint density at radius 2 is 2.20 bits per heavy atom. The van der Waals surface area contributed by atoms with Crippen molar-refractivity contribution in [3.8, 4) is 0 Å². The summed E-state index contributed by atoms with van der Waals surface area (Å²) >= 11 is 5.64. The maximum Gasteiger partial charge on any atom is 0.115 e. The van der Waals surface area contributed by atoms with E-state index in [0.29, 0.717) is 10.6 Å². The molecule has 0 radical (unpaired) electrons. The van der Waals surface area contributed by atoms with Gasteiger partial charge in [0.05, 0.1) is 0 Å². The van der Waals surface area contributed by atoms with Crippen molar-refractivity contribution in [1.29, 1.82) is 0 Å². The van der Waals surface area contributed by atoms with Gasteiger partial charge in [0, 0.05) is 10.6 Å². The minimum Gasteiger partial charge on any atom is -0.508 e. The maximum atomic E-state index is 8.90. The van der Waals surface area contributed by atoms with Gasteiger partial charge in [-0.1, -0.05) is 30.3 Å². The predicted molar refractivity (Wildman–Crippen MR) is 43.1 cm³/mol. The lowest BCUT2D eigenvalue weighted by molar-refractivity contribution is 0.514. The molecule has 0 fully saturated rings. The fourth-order valence-corrected chi connectivity index (χ4v) is 0.858. The monoisotopic (exact) mass is 154 g/mol. The van der Waals surface area contributed by atoms with Crippen LogP contribution in [0.4, 0.5) is 0 Å². The highest BCUT2D eigenvalue weighted by molar-refractivity contribution is 6.30. The van der Waals surface area contributed by atoms with Crippen molar-refractivity contribution < 1.29 is 5.11 Å². The largest absolute Gasteiger partial charge is 0.508 e. The quantitative estimate of drug-likeness (QED) is 0.617. The van der Waals surface area contributed by atoms with E-state index in [2.05, 4.69) is 6.58 Å². The molecule has 0 aliphatic rings. The third-order valence-electron chi connectivity index (χ3n) is 1.16. The Labute approximate surface area is 64.6 Å². The molecule has 1 aromatic carbocycles. The Kier molecular flexibility index (Phi) is 1.97. The molecule has 0 bridgehead atoms. The number of aliphatic hydroxyl groups excluding tert-OH is 1. The van der Waals surface area contributed by atoms with E-state index in [1.54, 1.807) is 24.3 Å². The zero-order chi connectivity index (χ0) is 7.56. The van der Waals surface area contributed by atoms with Gasteiger partial charge in [-0.2, -0.15) is 0 Å². The summed E-state index contributed by atoms with van der Waals surface area (Å²) in [6.07, 6.45) is 0. The molecule has 1 nitrogen and oxygen atoms in total. The molecule has 0 aliphatic heterocycles. The number of aliphatic hydroxyl groups is 1. The van der Waals surface area contributed by atoms with Crippen LogP contribution in [0.1, 0.15) is 5.56 Å². The molecule has 52 valence electrons. The summed E-state index contributed by atoms with van der Waals surface area (Å²) in [7, 11) is 0. The van der Waals surface area contributed by atoms with Gasteiger partial charge in [0.1, 0.15) is 5.76 Å². The summed E-state index contributed by atoms with van der Waals surface area (Å²) < 4.78 is 0. The van der Waals surface area contributed by atoms with Crippen molar-refractivity contribution in [2.24, 2.45) is 0 Å². The minimum atomic E-state index is 0.0440.